The molecule has 2 aromatic carbocycles. The second-order valence-electron chi connectivity index (χ2n) is 11.7. The molecule has 0 radical (unpaired) electrons. The van der Waals surface area contributed by atoms with Gasteiger partial charge in [0, 0.05) is 42.4 Å². The molecule has 0 aromatic heterocycles. The Balaban J connectivity index is 2.51. The van der Waals surface area contributed by atoms with Crippen LogP contribution in [0, 0.1) is 23.5 Å². The lowest BCUT2D eigenvalue weighted by Gasteiger charge is -2.32. The van der Waals surface area contributed by atoms with Gasteiger partial charge in [0.1, 0.15) is 17.7 Å². The van der Waals surface area contributed by atoms with Crippen molar-refractivity contribution >= 4 is 23.6 Å². The number of nitrogens with zero attached hydrogens (tertiary/aromatic N) is 1. The van der Waals surface area contributed by atoms with Crippen molar-refractivity contribution in [2.24, 2.45) is 17.6 Å². The van der Waals surface area contributed by atoms with E-state index in [2.05, 4.69) is 10.6 Å². The molecule has 0 unspecified atom stereocenters. The summed E-state index contributed by atoms with van der Waals surface area (Å²) in [6.45, 7) is 10.5. The number of hydrogen-bond acceptors (Lipinski definition) is 6. The molecule has 2 aromatic rings. The Kier molecular flexibility index (Phi) is 14.5. The molecule has 0 fully saturated rings. The highest BCUT2D eigenvalue weighted by molar-refractivity contribution is 6.04. The fraction of sp³-hybridized carbons (Fsp3) is 0.515. The van der Waals surface area contributed by atoms with Crippen LogP contribution in [0.2, 0.25) is 0 Å². The number of carbonyl (C=O) groups is 4. The molecule has 0 spiro atoms. The van der Waals surface area contributed by atoms with E-state index in [4.69, 9.17) is 5.73 Å². The summed E-state index contributed by atoms with van der Waals surface area (Å²) in [7, 11) is 0. The van der Waals surface area contributed by atoms with E-state index in [0.717, 1.165) is 12.1 Å². The van der Waals surface area contributed by atoms with Crippen molar-refractivity contribution in [2.45, 2.75) is 78.6 Å². The van der Waals surface area contributed by atoms with Gasteiger partial charge in [0.15, 0.2) is 0 Å². The average Bonchev–Trinajstić information content (AvgIpc) is 2.98. The van der Waals surface area contributed by atoms with Crippen LogP contribution in [0.4, 0.5) is 8.78 Å². The molecule has 12 heteroatoms. The number of benzene rings is 2. The van der Waals surface area contributed by atoms with Crippen molar-refractivity contribution in [3.63, 3.8) is 0 Å². The maximum atomic E-state index is 14.0. The number of nitrogens with one attached hydrogen (secondary N) is 2. The van der Waals surface area contributed by atoms with E-state index in [1.54, 1.807) is 11.8 Å². The predicted molar refractivity (Wildman–Crippen MR) is 166 cm³/mol. The molecule has 0 saturated heterocycles. The minimum atomic E-state index is -1.76. The van der Waals surface area contributed by atoms with Crippen LogP contribution in [0.15, 0.2) is 36.4 Å². The summed E-state index contributed by atoms with van der Waals surface area (Å²) < 4.78 is 28.1. The largest absolute Gasteiger partial charge is 0.390 e. The predicted octanol–water partition coefficient (Wildman–Crippen LogP) is 3.19. The Bertz CT molecular complexity index is 1310. The molecular weight excluding hydrogens is 586 g/mol. The van der Waals surface area contributed by atoms with Gasteiger partial charge in [-0.1, -0.05) is 34.6 Å². The second kappa shape index (κ2) is 17.6. The number of carbonyl (C=O) groups excluding carboxylic acids is 4. The first-order chi connectivity index (χ1) is 21.2. The smallest absolute Gasteiger partial charge is 0.253 e. The van der Waals surface area contributed by atoms with Crippen LogP contribution in [0.3, 0.4) is 0 Å². The molecule has 0 heterocycles. The number of hydrogen-bond donors (Lipinski definition) is 5. The third kappa shape index (κ3) is 10.9. The van der Waals surface area contributed by atoms with Crippen molar-refractivity contribution < 1.29 is 38.2 Å². The summed E-state index contributed by atoms with van der Waals surface area (Å²) in [4.78, 5) is 53.5. The van der Waals surface area contributed by atoms with Gasteiger partial charge in [0.25, 0.3) is 11.8 Å². The third-order valence-corrected chi connectivity index (χ3v) is 7.33. The lowest BCUT2D eigenvalue weighted by Crippen LogP contribution is -2.54. The van der Waals surface area contributed by atoms with E-state index < -0.39 is 59.4 Å². The molecule has 4 atom stereocenters. The van der Waals surface area contributed by atoms with Crippen LogP contribution in [0.5, 0.6) is 0 Å². The maximum Gasteiger partial charge on any atom is 0.253 e. The fourth-order valence-electron chi connectivity index (χ4n) is 5.05. The minimum Gasteiger partial charge on any atom is -0.390 e. The molecule has 2 rings (SSSR count). The number of primary amides is 1. The summed E-state index contributed by atoms with van der Waals surface area (Å²) in [5.41, 5.74) is 5.39. The van der Waals surface area contributed by atoms with Gasteiger partial charge in [0.05, 0.1) is 18.1 Å². The third-order valence-electron chi connectivity index (χ3n) is 7.33. The molecule has 0 aliphatic carbocycles. The molecule has 4 amide bonds. The molecule has 0 aliphatic heterocycles. The van der Waals surface area contributed by atoms with E-state index in [-0.39, 0.29) is 41.0 Å². The van der Waals surface area contributed by atoms with E-state index >= 15 is 0 Å². The molecule has 6 N–H and O–H groups in total. The van der Waals surface area contributed by atoms with Crippen molar-refractivity contribution in [1.29, 1.82) is 0 Å². The highest BCUT2D eigenvalue weighted by atomic mass is 19.1. The van der Waals surface area contributed by atoms with Crippen molar-refractivity contribution in [2.75, 3.05) is 19.6 Å². The van der Waals surface area contributed by atoms with Crippen molar-refractivity contribution in [3.05, 3.63) is 70.3 Å². The van der Waals surface area contributed by atoms with E-state index in [9.17, 15) is 38.2 Å². The zero-order valence-corrected chi connectivity index (χ0v) is 26.6. The lowest BCUT2D eigenvalue weighted by atomic mass is 9.88. The lowest BCUT2D eigenvalue weighted by molar-refractivity contribution is -0.133. The van der Waals surface area contributed by atoms with Crippen LogP contribution in [-0.4, -0.2) is 76.6 Å². The number of aliphatic hydroxyl groups excluding tert-OH is 2. The Morgan fingerprint density at radius 2 is 1.40 bits per heavy atom. The van der Waals surface area contributed by atoms with Gasteiger partial charge in [-0.25, -0.2) is 8.78 Å². The quantitative estimate of drug-likeness (QED) is 0.180. The van der Waals surface area contributed by atoms with Gasteiger partial charge in [-0.15, -0.1) is 0 Å². The van der Waals surface area contributed by atoms with E-state index in [1.807, 2.05) is 27.7 Å². The number of nitrogens with two attached hydrogens (primary N) is 1. The van der Waals surface area contributed by atoms with Crippen molar-refractivity contribution in [3.8, 4) is 0 Å². The van der Waals surface area contributed by atoms with Crippen molar-refractivity contribution in [1.82, 2.24) is 15.5 Å². The summed E-state index contributed by atoms with van der Waals surface area (Å²) in [5, 5.41) is 27.7. The van der Waals surface area contributed by atoms with E-state index in [1.165, 1.54) is 18.2 Å². The standard InChI is InChI=1S/C33H46F2N4O6/c1-6-9-39(10-7-2)33(45)23-15-21(30(36)42)14-22(16-23)31(43)38-27(13-20-11-24(34)17-25(35)12-20)29(41)28(40)26(8-3)32(44)37-18-19(4)5/h11-12,14-17,19,26-29,40-41H,6-10,13,18H2,1-5H3,(H2,36,42)(H,37,44)(H,38,43)/t26-,27+,28-,29-/m1/s1. The molecule has 0 saturated carbocycles. The molecule has 10 nitrogen and oxygen atoms in total. The fourth-order valence-corrected chi connectivity index (χ4v) is 5.05. The number of rotatable bonds is 17. The first-order valence-electron chi connectivity index (χ1n) is 15.4. The minimum absolute atomic E-state index is 0.0514. The summed E-state index contributed by atoms with van der Waals surface area (Å²) >= 11 is 0. The van der Waals surface area contributed by atoms with Crippen LogP contribution in [-0.2, 0) is 11.2 Å². The zero-order chi connectivity index (χ0) is 33.8. The van der Waals surface area contributed by atoms with Gasteiger partial charge in [-0.3, -0.25) is 19.2 Å². The highest BCUT2D eigenvalue weighted by Gasteiger charge is 2.36. The monoisotopic (exact) mass is 632 g/mol. The number of amides is 4. The SMILES string of the molecule is CCCN(CCC)C(=O)c1cc(C(N)=O)cc(C(=O)N[C@@H](Cc2cc(F)cc(F)c2)[C@@H](O)[C@H](O)[C@@H](CC)C(=O)NCC(C)C)c1. The van der Waals surface area contributed by atoms with Gasteiger partial charge in [-0.2, -0.15) is 0 Å². The highest BCUT2D eigenvalue weighted by Crippen LogP contribution is 2.20. The van der Waals surface area contributed by atoms with Gasteiger partial charge >= 0.3 is 0 Å². The Morgan fingerprint density at radius 3 is 1.91 bits per heavy atom. The summed E-state index contributed by atoms with van der Waals surface area (Å²) in [6.07, 6.45) is -2.24. The molecule has 0 bridgehead atoms. The first-order valence-corrected chi connectivity index (χ1v) is 15.4. The van der Waals surface area contributed by atoms with Gasteiger partial charge < -0.3 is 31.5 Å². The molecule has 45 heavy (non-hydrogen) atoms. The number of aliphatic hydroxyl groups is 2. The summed E-state index contributed by atoms with van der Waals surface area (Å²) in [5.74, 6) is -5.33. The van der Waals surface area contributed by atoms with Gasteiger partial charge in [0.2, 0.25) is 11.8 Å². The number of halogens is 2. The molecule has 248 valence electrons. The van der Waals surface area contributed by atoms with Crippen LogP contribution in [0.1, 0.15) is 90.5 Å². The Hall–Kier alpha value is -3.90. The topological polar surface area (TPSA) is 162 Å². The maximum absolute atomic E-state index is 14.0. The van der Waals surface area contributed by atoms with E-state index in [0.29, 0.717) is 38.5 Å². The first kappa shape index (κ1) is 37.3. The normalized spacial score (nSPS) is 13.9. The zero-order valence-electron chi connectivity index (χ0n) is 26.6. The molecular formula is C33H46F2N4O6. The average molecular weight is 633 g/mol. The molecule has 0 aliphatic rings. The van der Waals surface area contributed by atoms with Crippen LogP contribution >= 0.6 is 0 Å². The van der Waals surface area contributed by atoms with Gasteiger partial charge in [-0.05, 0) is 67.5 Å². The Labute approximate surface area is 263 Å². The summed E-state index contributed by atoms with van der Waals surface area (Å²) in [6, 6.07) is 5.14. The van der Waals surface area contributed by atoms with Crippen LogP contribution in [0.25, 0.3) is 0 Å². The second-order valence-corrected chi connectivity index (χ2v) is 11.7. The Morgan fingerprint density at radius 1 is 0.844 bits per heavy atom. The van der Waals surface area contributed by atoms with Crippen LogP contribution < -0.4 is 16.4 Å².